The summed E-state index contributed by atoms with van der Waals surface area (Å²) >= 11 is 0. The highest BCUT2D eigenvalue weighted by atomic mass is 32.2. The molecule has 6 nitrogen and oxygen atoms in total. The van der Waals surface area contributed by atoms with Crippen LogP contribution in [0.2, 0.25) is 0 Å². The van der Waals surface area contributed by atoms with Gasteiger partial charge in [0.2, 0.25) is 5.95 Å². The van der Waals surface area contributed by atoms with Crippen molar-refractivity contribution in [1.82, 2.24) is 9.97 Å². The van der Waals surface area contributed by atoms with Crippen molar-refractivity contribution >= 4 is 22.7 Å². The van der Waals surface area contributed by atoms with Gasteiger partial charge in [-0.2, -0.15) is 0 Å². The van der Waals surface area contributed by atoms with Crippen molar-refractivity contribution in [3.63, 3.8) is 0 Å². The zero-order chi connectivity index (χ0) is 13.2. The van der Waals surface area contributed by atoms with Crippen LogP contribution in [0, 0.1) is 0 Å². The van der Waals surface area contributed by atoms with Crippen LogP contribution in [-0.4, -0.2) is 31.9 Å². The minimum atomic E-state index is -1.39. The van der Waals surface area contributed by atoms with Crippen molar-refractivity contribution in [2.24, 2.45) is 5.73 Å². The molecule has 1 aromatic rings. The highest BCUT2D eigenvalue weighted by molar-refractivity contribution is 7.84. The highest BCUT2D eigenvalue weighted by Gasteiger charge is 2.17. The number of anilines is 1. The quantitative estimate of drug-likeness (QED) is 0.768. The molecule has 0 aliphatic rings. The predicted octanol–water partition coefficient (Wildman–Crippen LogP) is 0.523. The number of carbonyl (C=O) groups is 1. The molecule has 1 heterocycles. The summed E-state index contributed by atoms with van der Waals surface area (Å²) in [5, 5.41) is 3.19. The Balaban J connectivity index is 3.19. The maximum Gasteiger partial charge on any atom is 0.253 e. The molecule has 0 aliphatic heterocycles. The van der Waals surface area contributed by atoms with E-state index >= 15 is 0 Å². The average molecular weight is 256 g/mol. The fourth-order valence-corrected chi connectivity index (χ4v) is 1.83. The monoisotopic (exact) mass is 256 g/mol. The number of hydrogen-bond acceptors (Lipinski definition) is 5. The van der Waals surface area contributed by atoms with Crippen LogP contribution >= 0.6 is 0 Å². The summed E-state index contributed by atoms with van der Waals surface area (Å²) in [5.74, 6) is -0.356. The molecule has 1 aromatic heterocycles. The molecule has 0 saturated carbocycles. The molecule has 0 aliphatic carbocycles. The lowest BCUT2D eigenvalue weighted by atomic mass is 10.1. The number of carbonyl (C=O) groups excluding carboxylic acids is 1. The first-order chi connectivity index (χ1) is 7.70. The van der Waals surface area contributed by atoms with E-state index in [9.17, 15) is 9.00 Å². The van der Waals surface area contributed by atoms with Gasteiger partial charge < -0.3 is 11.1 Å². The van der Waals surface area contributed by atoms with Gasteiger partial charge in [0.05, 0.1) is 16.4 Å². The van der Waals surface area contributed by atoms with E-state index in [0.29, 0.717) is 5.95 Å². The fourth-order valence-electron chi connectivity index (χ4n) is 1.15. The number of primary amides is 1. The van der Waals surface area contributed by atoms with Crippen LogP contribution in [0.15, 0.2) is 11.2 Å². The van der Waals surface area contributed by atoms with Crippen LogP contribution < -0.4 is 11.1 Å². The Kier molecular flexibility index (Phi) is 3.82. The molecule has 0 aromatic carbocycles. The third-order valence-corrected chi connectivity index (χ3v) is 2.63. The second-order valence-corrected chi connectivity index (χ2v) is 5.90. The summed E-state index contributed by atoms with van der Waals surface area (Å²) in [5.41, 5.74) is 5.02. The van der Waals surface area contributed by atoms with E-state index < -0.39 is 16.7 Å². The molecule has 3 N–H and O–H groups in total. The first-order valence-corrected chi connectivity index (χ1v) is 6.55. The second kappa shape index (κ2) is 4.79. The molecule has 0 radical (unpaired) electrons. The maximum atomic E-state index is 11.5. The predicted molar refractivity (Wildman–Crippen MR) is 66.3 cm³/mol. The second-order valence-electron chi connectivity index (χ2n) is 4.61. The van der Waals surface area contributed by atoms with Gasteiger partial charge in [0.1, 0.15) is 5.03 Å². The summed E-state index contributed by atoms with van der Waals surface area (Å²) in [6.07, 6.45) is 2.73. The van der Waals surface area contributed by atoms with E-state index in [1.165, 1.54) is 12.5 Å². The first kappa shape index (κ1) is 13.6. The molecule has 1 amide bonds. The van der Waals surface area contributed by atoms with Gasteiger partial charge in [-0.1, -0.05) is 0 Å². The molecular formula is C10H16N4O2S. The van der Waals surface area contributed by atoms with Gasteiger partial charge in [-0.15, -0.1) is 0 Å². The van der Waals surface area contributed by atoms with E-state index in [2.05, 4.69) is 15.3 Å². The van der Waals surface area contributed by atoms with E-state index in [0.717, 1.165) is 0 Å². The van der Waals surface area contributed by atoms with E-state index in [1.54, 1.807) is 0 Å². The third kappa shape index (κ3) is 3.77. The highest BCUT2D eigenvalue weighted by Crippen LogP contribution is 2.14. The fraction of sp³-hybridized carbons (Fsp3) is 0.500. The van der Waals surface area contributed by atoms with Gasteiger partial charge in [0.15, 0.2) is 0 Å². The Labute approximate surface area is 102 Å². The molecule has 0 spiro atoms. The van der Waals surface area contributed by atoms with Crippen molar-refractivity contribution in [3.8, 4) is 0 Å². The van der Waals surface area contributed by atoms with Crippen molar-refractivity contribution in [3.05, 3.63) is 11.8 Å². The summed E-state index contributed by atoms with van der Waals surface area (Å²) in [4.78, 5) is 19.1. The number of hydrogen-bond donors (Lipinski definition) is 2. The van der Waals surface area contributed by atoms with Gasteiger partial charge in [-0.3, -0.25) is 9.00 Å². The lowest BCUT2D eigenvalue weighted by Crippen LogP contribution is -2.28. The smallest absolute Gasteiger partial charge is 0.253 e. The minimum absolute atomic E-state index is 0.0882. The van der Waals surface area contributed by atoms with E-state index in [4.69, 9.17) is 5.73 Å². The molecule has 1 atom stereocenters. The summed E-state index contributed by atoms with van der Waals surface area (Å²) in [6.45, 7) is 5.84. The Bertz CT molecular complexity index is 468. The summed E-state index contributed by atoms with van der Waals surface area (Å²) < 4.78 is 11.5. The Morgan fingerprint density at radius 3 is 2.47 bits per heavy atom. The van der Waals surface area contributed by atoms with Crippen molar-refractivity contribution in [2.75, 3.05) is 11.6 Å². The lowest BCUT2D eigenvalue weighted by molar-refractivity contribution is 0.0996. The van der Waals surface area contributed by atoms with Gasteiger partial charge in [0, 0.05) is 18.0 Å². The van der Waals surface area contributed by atoms with Crippen molar-refractivity contribution in [1.29, 1.82) is 0 Å². The molecule has 1 rings (SSSR count). The Hall–Kier alpha value is -1.50. The molecule has 17 heavy (non-hydrogen) atoms. The van der Waals surface area contributed by atoms with Crippen LogP contribution in [-0.2, 0) is 10.8 Å². The molecule has 7 heteroatoms. The summed E-state index contributed by atoms with van der Waals surface area (Å²) in [6, 6.07) is 0. The topological polar surface area (TPSA) is 98.0 Å². The van der Waals surface area contributed by atoms with Crippen LogP contribution in [0.5, 0.6) is 0 Å². The molecule has 0 bridgehead atoms. The number of nitrogens with zero attached hydrogens (tertiary/aromatic N) is 2. The zero-order valence-corrected chi connectivity index (χ0v) is 11.1. The largest absolute Gasteiger partial charge is 0.365 e. The van der Waals surface area contributed by atoms with E-state index in [-0.39, 0.29) is 16.1 Å². The molecular weight excluding hydrogens is 240 g/mol. The van der Waals surface area contributed by atoms with Gasteiger partial charge >= 0.3 is 0 Å². The van der Waals surface area contributed by atoms with Crippen molar-refractivity contribution < 1.29 is 9.00 Å². The Morgan fingerprint density at radius 2 is 2.06 bits per heavy atom. The molecule has 0 saturated heterocycles. The number of aromatic nitrogens is 2. The van der Waals surface area contributed by atoms with Gasteiger partial charge in [0.25, 0.3) is 5.91 Å². The summed E-state index contributed by atoms with van der Waals surface area (Å²) in [7, 11) is -1.39. The number of nitrogens with one attached hydrogen (secondary N) is 1. The van der Waals surface area contributed by atoms with Gasteiger partial charge in [-0.25, -0.2) is 9.97 Å². The average Bonchev–Trinajstić information content (AvgIpc) is 2.14. The first-order valence-electron chi connectivity index (χ1n) is 4.99. The Morgan fingerprint density at radius 1 is 1.47 bits per heavy atom. The normalized spacial score (nSPS) is 13.2. The standard InChI is InChI=1S/C10H16N4O2S/c1-10(2,3)14-9-12-5-6(7(11)15)8(13-9)17(4)16/h5H,1-4H3,(H2,11,15)(H,12,13,14). The van der Waals surface area contributed by atoms with Crippen LogP contribution in [0.25, 0.3) is 0 Å². The van der Waals surface area contributed by atoms with Gasteiger partial charge in [-0.05, 0) is 20.8 Å². The number of rotatable bonds is 3. The van der Waals surface area contributed by atoms with Crippen molar-refractivity contribution in [2.45, 2.75) is 31.3 Å². The maximum absolute atomic E-state index is 11.5. The third-order valence-electron chi connectivity index (χ3n) is 1.78. The molecule has 94 valence electrons. The van der Waals surface area contributed by atoms with Crippen LogP contribution in [0.3, 0.4) is 0 Å². The SMILES string of the molecule is CS(=O)c1nc(NC(C)(C)C)ncc1C(N)=O. The molecule has 1 unspecified atom stereocenters. The number of nitrogens with two attached hydrogens (primary N) is 1. The lowest BCUT2D eigenvalue weighted by Gasteiger charge is -2.20. The van der Waals surface area contributed by atoms with E-state index in [1.807, 2.05) is 20.8 Å². The molecule has 0 fully saturated rings. The number of amides is 1. The van der Waals surface area contributed by atoms with Crippen LogP contribution in [0.4, 0.5) is 5.95 Å². The zero-order valence-electron chi connectivity index (χ0n) is 10.3. The minimum Gasteiger partial charge on any atom is -0.365 e. The van der Waals surface area contributed by atoms with Crippen LogP contribution in [0.1, 0.15) is 31.1 Å².